The summed E-state index contributed by atoms with van der Waals surface area (Å²) in [6.07, 6.45) is 1.58. The van der Waals surface area contributed by atoms with Gasteiger partial charge in [0, 0.05) is 24.2 Å². The molecule has 1 N–H and O–H groups in total. The Morgan fingerprint density at radius 3 is 2.88 bits per heavy atom. The van der Waals surface area contributed by atoms with Gasteiger partial charge in [0.05, 0.1) is 13.2 Å². The molecule has 0 amide bonds. The molecule has 0 unspecified atom stereocenters. The lowest BCUT2D eigenvalue weighted by Gasteiger charge is -2.08. The van der Waals surface area contributed by atoms with Gasteiger partial charge in [-0.1, -0.05) is 13.8 Å². The van der Waals surface area contributed by atoms with Crippen LogP contribution in [0.5, 0.6) is 0 Å². The van der Waals surface area contributed by atoms with Gasteiger partial charge in [-0.05, 0) is 5.92 Å². The average molecular weight is 244 g/mol. The Labute approximate surface area is 101 Å². The normalized spacial score (nSPS) is 10.8. The Kier molecular flexibility index (Phi) is 6.11. The van der Waals surface area contributed by atoms with Crippen molar-refractivity contribution in [1.82, 2.24) is 9.97 Å². The summed E-state index contributed by atoms with van der Waals surface area (Å²) < 4.78 is 5.24. The second-order valence-electron chi connectivity index (χ2n) is 3.71. The maximum atomic E-state index is 5.49. The van der Waals surface area contributed by atoms with Crippen molar-refractivity contribution in [2.75, 3.05) is 31.0 Å². The van der Waals surface area contributed by atoms with Gasteiger partial charge in [0.1, 0.15) is 12.1 Å². The number of anilines is 1. The van der Waals surface area contributed by atoms with Gasteiger partial charge in [0.15, 0.2) is 0 Å². The van der Waals surface area contributed by atoms with E-state index in [4.69, 9.17) is 16.3 Å². The number of hydrogen-bond donors (Lipinski definition) is 1. The van der Waals surface area contributed by atoms with Crippen LogP contribution in [0, 0.1) is 0 Å². The third-order valence-corrected chi connectivity index (χ3v) is 2.21. The van der Waals surface area contributed by atoms with Crippen molar-refractivity contribution in [2.24, 2.45) is 0 Å². The quantitative estimate of drug-likeness (QED) is 0.590. The van der Waals surface area contributed by atoms with Gasteiger partial charge in [-0.2, -0.15) is 0 Å². The lowest BCUT2D eigenvalue weighted by atomic mass is 10.1. The Bertz CT molecular complexity index is 307. The van der Waals surface area contributed by atoms with E-state index in [0.29, 0.717) is 25.0 Å². The van der Waals surface area contributed by atoms with Crippen molar-refractivity contribution in [3.63, 3.8) is 0 Å². The highest BCUT2D eigenvalue weighted by Gasteiger charge is 2.02. The zero-order valence-electron chi connectivity index (χ0n) is 9.74. The van der Waals surface area contributed by atoms with E-state index in [2.05, 4.69) is 29.1 Å². The van der Waals surface area contributed by atoms with Crippen molar-refractivity contribution in [2.45, 2.75) is 19.8 Å². The van der Waals surface area contributed by atoms with Crippen LogP contribution >= 0.6 is 11.6 Å². The Morgan fingerprint density at radius 1 is 1.38 bits per heavy atom. The van der Waals surface area contributed by atoms with Crippen molar-refractivity contribution in [3.05, 3.63) is 18.1 Å². The fraction of sp³-hybridized carbons (Fsp3) is 0.636. The predicted octanol–water partition coefficient (Wildman–Crippen LogP) is 2.27. The minimum Gasteiger partial charge on any atom is -0.378 e. The fourth-order valence-corrected chi connectivity index (χ4v) is 1.30. The van der Waals surface area contributed by atoms with Crippen LogP contribution in [-0.4, -0.2) is 35.6 Å². The summed E-state index contributed by atoms with van der Waals surface area (Å²) >= 11 is 5.49. The Balaban J connectivity index is 2.33. The van der Waals surface area contributed by atoms with Crippen LogP contribution in [0.25, 0.3) is 0 Å². The monoisotopic (exact) mass is 243 g/mol. The first kappa shape index (κ1) is 13.2. The van der Waals surface area contributed by atoms with Gasteiger partial charge < -0.3 is 10.1 Å². The highest BCUT2D eigenvalue weighted by molar-refractivity contribution is 6.17. The van der Waals surface area contributed by atoms with Crippen LogP contribution in [-0.2, 0) is 4.74 Å². The van der Waals surface area contributed by atoms with Gasteiger partial charge in [-0.3, -0.25) is 0 Å². The topological polar surface area (TPSA) is 47.0 Å². The molecule has 16 heavy (non-hydrogen) atoms. The van der Waals surface area contributed by atoms with E-state index in [0.717, 1.165) is 18.1 Å². The lowest BCUT2D eigenvalue weighted by Crippen LogP contribution is -2.11. The van der Waals surface area contributed by atoms with E-state index in [1.807, 2.05) is 6.07 Å². The molecule has 0 fully saturated rings. The van der Waals surface area contributed by atoms with E-state index in [1.54, 1.807) is 6.33 Å². The minimum absolute atomic E-state index is 0.413. The number of hydrogen-bond acceptors (Lipinski definition) is 4. The standard InChI is InChI=1S/C11H18ClN3O/c1-9(2)10-7-11(15-8-14-10)13-4-6-16-5-3-12/h7-9H,3-6H2,1-2H3,(H,13,14,15). The van der Waals surface area contributed by atoms with Crippen LogP contribution in [0.2, 0.25) is 0 Å². The van der Waals surface area contributed by atoms with Crippen LogP contribution in [0.4, 0.5) is 5.82 Å². The number of halogens is 1. The molecule has 0 saturated heterocycles. The third kappa shape index (κ3) is 4.77. The molecule has 0 radical (unpaired) electrons. The van der Waals surface area contributed by atoms with E-state index >= 15 is 0 Å². The van der Waals surface area contributed by atoms with Crippen molar-refractivity contribution < 1.29 is 4.74 Å². The first-order valence-electron chi connectivity index (χ1n) is 5.43. The molecule has 1 rings (SSSR count). The highest BCUT2D eigenvalue weighted by Crippen LogP contribution is 2.13. The van der Waals surface area contributed by atoms with Crippen molar-refractivity contribution in [3.8, 4) is 0 Å². The summed E-state index contributed by atoms with van der Waals surface area (Å²) in [4.78, 5) is 8.33. The summed E-state index contributed by atoms with van der Waals surface area (Å²) in [6, 6.07) is 1.96. The zero-order valence-corrected chi connectivity index (χ0v) is 10.5. The van der Waals surface area contributed by atoms with E-state index in [1.165, 1.54) is 0 Å². The SMILES string of the molecule is CC(C)c1cc(NCCOCCCl)ncn1. The molecule has 1 heterocycles. The second kappa shape index (κ2) is 7.41. The molecule has 0 aromatic carbocycles. The maximum Gasteiger partial charge on any atom is 0.129 e. The number of nitrogens with one attached hydrogen (secondary N) is 1. The maximum absolute atomic E-state index is 5.49. The second-order valence-corrected chi connectivity index (χ2v) is 4.09. The van der Waals surface area contributed by atoms with Crippen LogP contribution in [0.15, 0.2) is 12.4 Å². The molecule has 0 aliphatic carbocycles. The molecule has 4 nitrogen and oxygen atoms in total. The van der Waals surface area contributed by atoms with E-state index in [-0.39, 0.29) is 0 Å². The largest absolute Gasteiger partial charge is 0.378 e. The van der Waals surface area contributed by atoms with Crippen LogP contribution < -0.4 is 5.32 Å². The molecule has 0 bridgehead atoms. The summed E-state index contributed by atoms with van der Waals surface area (Å²) in [5.74, 6) is 1.79. The number of rotatable bonds is 7. The molecule has 0 spiro atoms. The zero-order chi connectivity index (χ0) is 11.8. The smallest absolute Gasteiger partial charge is 0.129 e. The highest BCUT2D eigenvalue weighted by atomic mass is 35.5. The molecule has 90 valence electrons. The third-order valence-electron chi connectivity index (χ3n) is 2.05. The molecule has 1 aromatic heterocycles. The van der Waals surface area contributed by atoms with Gasteiger partial charge in [0.25, 0.3) is 0 Å². The van der Waals surface area contributed by atoms with E-state index < -0.39 is 0 Å². The van der Waals surface area contributed by atoms with Gasteiger partial charge in [-0.25, -0.2) is 9.97 Å². The summed E-state index contributed by atoms with van der Waals surface area (Å²) in [5.41, 5.74) is 1.04. The molecular weight excluding hydrogens is 226 g/mol. The number of ether oxygens (including phenoxy) is 1. The number of nitrogens with zero attached hydrogens (tertiary/aromatic N) is 2. The lowest BCUT2D eigenvalue weighted by molar-refractivity contribution is 0.160. The van der Waals surface area contributed by atoms with Crippen LogP contribution in [0.3, 0.4) is 0 Å². The van der Waals surface area contributed by atoms with Crippen LogP contribution in [0.1, 0.15) is 25.5 Å². The molecule has 0 saturated carbocycles. The number of alkyl halides is 1. The molecule has 0 aliphatic rings. The van der Waals surface area contributed by atoms with Gasteiger partial charge in [-0.15, -0.1) is 11.6 Å². The summed E-state index contributed by atoms with van der Waals surface area (Å²) in [7, 11) is 0. The number of aromatic nitrogens is 2. The first-order valence-corrected chi connectivity index (χ1v) is 5.97. The summed E-state index contributed by atoms with van der Waals surface area (Å²) in [5, 5.41) is 3.18. The minimum atomic E-state index is 0.413. The molecule has 0 aliphatic heterocycles. The Hall–Kier alpha value is -0.870. The molecule has 0 atom stereocenters. The molecule has 5 heteroatoms. The fourth-order valence-electron chi connectivity index (χ4n) is 1.19. The predicted molar refractivity (Wildman–Crippen MR) is 66.1 cm³/mol. The molecule has 1 aromatic rings. The Morgan fingerprint density at radius 2 is 2.19 bits per heavy atom. The molecular formula is C11H18ClN3O. The van der Waals surface area contributed by atoms with Gasteiger partial charge >= 0.3 is 0 Å². The first-order chi connectivity index (χ1) is 7.74. The summed E-state index contributed by atoms with van der Waals surface area (Å²) in [6.45, 7) is 6.16. The van der Waals surface area contributed by atoms with Gasteiger partial charge in [0.2, 0.25) is 0 Å². The average Bonchev–Trinajstić information content (AvgIpc) is 2.29. The van der Waals surface area contributed by atoms with Crippen molar-refractivity contribution >= 4 is 17.4 Å². The van der Waals surface area contributed by atoms with E-state index in [9.17, 15) is 0 Å². The van der Waals surface area contributed by atoms with Crippen molar-refractivity contribution in [1.29, 1.82) is 0 Å².